The summed E-state index contributed by atoms with van der Waals surface area (Å²) in [6, 6.07) is 6.62. The van der Waals surface area contributed by atoms with Crippen LogP contribution in [0.1, 0.15) is 41.8 Å². The van der Waals surface area contributed by atoms with Crippen LogP contribution in [-0.2, 0) is 0 Å². The van der Waals surface area contributed by atoms with Gasteiger partial charge in [-0.15, -0.1) is 0 Å². The largest absolute Gasteiger partial charge is 0.293 e. The monoisotopic (exact) mass is 245 g/mol. The van der Waals surface area contributed by atoms with Gasteiger partial charge in [-0.25, -0.2) is 0 Å². The van der Waals surface area contributed by atoms with Crippen molar-refractivity contribution in [3.05, 3.63) is 34.9 Å². The smallest absolute Gasteiger partial charge is 0.177 e. The van der Waals surface area contributed by atoms with Crippen LogP contribution in [0.5, 0.6) is 0 Å². The van der Waals surface area contributed by atoms with Crippen LogP contribution in [0, 0.1) is 19.8 Å². The zero-order valence-corrected chi connectivity index (χ0v) is 11.9. The molecule has 0 N–H and O–H groups in total. The van der Waals surface area contributed by atoms with Gasteiger partial charge in [0.05, 0.1) is 6.54 Å². The zero-order chi connectivity index (χ0) is 13.3. The van der Waals surface area contributed by atoms with E-state index in [1.54, 1.807) is 0 Å². The number of hydrogen-bond donors (Lipinski definition) is 0. The van der Waals surface area contributed by atoms with E-state index >= 15 is 0 Å². The third-order valence-corrected chi connectivity index (χ3v) is 3.94. The van der Waals surface area contributed by atoms with E-state index in [0.29, 0.717) is 18.5 Å². The third kappa shape index (κ3) is 2.81. The number of benzene rings is 1. The predicted octanol–water partition coefficient (Wildman–Crippen LogP) is 3.22. The Bertz CT molecular complexity index is 452. The van der Waals surface area contributed by atoms with Gasteiger partial charge in [-0.2, -0.15) is 0 Å². The van der Waals surface area contributed by atoms with Crippen molar-refractivity contribution in [2.24, 2.45) is 5.92 Å². The molecule has 0 amide bonds. The second kappa shape index (κ2) is 5.23. The summed E-state index contributed by atoms with van der Waals surface area (Å²) in [6.45, 7) is 10.2. The van der Waals surface area contributed by atoms with Crippen LogP contribution in [0.4, 0.5) is 0 Å². The Kier molecular flexibility index (Phi) is 3.86. The fourth-order valence-corrected chi connectivity index (χ4v) is 3.00. The molecular formula is C16H23NO. The van der Waals surface area contributed by atoms with Gasteiger partial charge in [0, 0.05) is 18.2 Å². The van der Waals surface area contributed by atoms with Crippen LogP contribution in [0.2, 0.25) is 0 Å². The first kappa shape index (κ1) is 13.3. The first-order valence-corrected chi connectivity index (χ1v) is 6.82. The van der Waals surface area contributed by atoms with E-state index in [9.17, 15) is 4.79 Å². The van der Waals surface area contributed by atoms with Gasteiger partial charge in [-0.3, -0.25) is 9.69 Å². The lowest BCUT2D eigenvalue weighted by Crippen LogP contribution is -2.33. The first-order valence-electron chi connectivity index (χ1n) is 6.82. The van der Waals surface area contributed by atoms with Gasteiger partial charge < -0.3 is 0 Å². The molecule has 1 fully saturated rings. The summed E-state index contributed by atoms with van der Waals surface area (Å²) >= 11 is 0. The Morgan fingerprint density at radius 3 is 2.61 bits per heavy atom. The highest BCUT2D eigenvalue weighted by Crippen LogP contribution is 2.22. The molecule has 2 nitrogen and oxygen atoms in total. The maximum absolute atomic E-state index is 12.3. The van der Waals surface area contributed by atoms with Crippen molar-refractivity contribution in [1.29, 1.82) is 0 Å². The molecule has 18 heavy (non-hydrogen) atoms. The van der Waals surface area contributed by atoms with Crippen molar-refractivity contribution in [3.63, 3.8) is 0 Å². The molecule has 1 heterocycles. The first-order chi connectivity index (χ1) is 8.47. The second-order valence-electron chi connectivity index (χ2n) is 5.86. The number of carbonyl (C=O) groups is 1. The lowest BCUT2D eigenvalue weighted by molar-refractivity contribution is 0.0924. The van der Waals surface area contributed by atoms with Gasteiger partial charge in [0.2, 0.25) is 0 Å². The van der Waals surface area contributed by atoms with E-state index in [-0.39, 0.29) is 5.78 Å². The van der Waals surface area contributed by atoms with E-state index in [1.165, 1.54) is 12.0 Å². The highest BCUT2D eigenvalue weighted by atomic mass is 16.1. The normalized spacial score (nSPS) is 24.4. The average molecular weight is 245 g/mol. The number of aryl methyl sites for hydroxylation is 2. The molecule has 1 saturated heterocycles. The minimum absolute atomic E-state index is 0.258. The third-order valence-electron chi connectivity index (χ3n) is 3.94. The van der Waals surface area contributed by atoms with Crippen LogP contribution in [0.25, 0.3) is 0 Å². The van der Waals surface area contributed by atoms with Crippen molar-refractivity contribution < 1.29 is 4.79 Å². The highest BCUT2D eigenvalue weighted by molar-refractivity contribution is 5.99. The molecule has 2 atom stereocenters. The van der Waals surface area contributed by atoms with Crippen molar-refractivity contribution in [2.75, 3.05) is 13.1 Å². The number of likely N-dealkylation sites (tertiary alicyclic amines) is 1. The second-order valence-corrected chi connectivity index (χ2v) is 5.86. The van der Waals surface area contributed by atoms with Crippen molar-refractivity contribution in [1.82, 2.24) is 4.90 Å². The number of rotatable bonds is 3. The Morgan fingerprint density at radius 2 is 2.06 bits per heavy atom. The molecule has 0 spiro atoms. The molecule has 0 saturated carbocycles. The molecule has 98 valence electrons. The number of nitrogens with zero attached hydrogens (tertiary/aromatic N) is 1. The summed E-state index contributed by atoms with van der Waals surface area (Å²) in [6.07, 6.45) is 1.21. The van der Waals surface area contributed by atoms with E-state index < -0.39 is 0 Å². The van der Waals surface area contributed by atoms with Crippen LogP contribution in [0.3, 0.4) is 0 Å². The number of Topliss-reactive ketones (excluding diaryl/α,β-unsaturated/α-hetero) is 1. The summed E-state index contributed by atoms with van der Waals surface area (Å²) in [5.41, 5.74) is 3.19. The summed E-state index contributed by atoms with van der Waals surface area (Å²) in [7, 11) is 0. The van der Waals surface area contributed by atoms with Crippen LogP contribution >= 0.6 is 0 Å². The topological polar surface area (TPSA) is 20.3 Å². The fourth-order valence-electron chi connectivity index (χ4n) is 3.00. The highest BCUT2D eigenvalue weighted by Gasteiger charge is 2.27. The molecule has 0 aliphatic carbocycles. The molecule has 2 unspecified atom stereocenters. The van der Waals surface area contributed by atoms with E-state index in [2.05, 4.69) is 31.7 Å². The maximum Gasteiger partial charge on any atom is 0.177 e. The molecule has 1 aliphatic heterocycles. The Morgan fingerprint density at radius 1 is 1.33 bits per heavy atom. The number of ketones is 1. The van der Waals surface area contributed by atoms with Gasteiger partial charge in [-0.05, 0) is 38.7 Å². The van der Waals surface area contributed by atoms with E-state index in [4.69, 9.17) is 0 Å². The van der Waals surface area contributed by atoms with Crippen molar-refractivity contribution >= 4 is 5.78 Å². The molecule has 1 aromatic rings. The molecule has 0 bridgehead atoms. The van der Waals surface area contributed by atoms with Crippen molar-refractivity contribution in [3.8, 4) is 0 Å². The Labute approximate surface area is 110 Å². The van der Waals surface area contributed by atoms with Gasteiger partial charge in [-0.1, -0.05) is 30.7 Å². The van der Waals surface area contributed by atoms with Crippen LogP contribution in [-0.4, -0.2) is 29.8 Å². The van der Waals surface area contributed by atoms with E-state index in [0.717, 1.165) is 17.7 Å². The summed E-state index contributed by atoms with van der Waals surface area (Å²) < 4.78 is 0. The quantitative estimate of drug-likeness (QED) is 0.762. The standard InChI is InChI=1S/C16H23NO/c1-11-5-6-15(13(3)7-11)16(18)10-17-9-12(2)8-14(17)4/h5-7,12,14H,8-10H2,1-4H3. The number of hydrogen-bond acceptors (Lipinski definition) is 2. The lowest BCUT2D eigenvalue weighted by atomic mass is 10.0. The molecular weight excluding hydrogens is 222 g/mol. The van der Waals surface area contributed by atoms with Gasteiger partial charge >= 0.3 is 0 Å². The minimum atomic E-state index is 0.258. The fraction of sp³-hybridized carbons (Fsp3) is 0.562. The number of carbonyl (C=O) groups excluding carboxylic acids is 1. The summed E-state index contributed by atoms with van der Waals surface area (Å²) in [5.74, 6) is 0.973. The molecule has 2 rings (SSSR count). The molecule has 0 radical (unpaired) electrons. The summed E-state index contributed by atoms with van der Waals surface area (Å²) in [5, 5.41) is 0. The van der Waals surface area contributed by atoms with E-state index in [1.807, 2.05) is 19.1 Å². The molecule has 0 aromatic heterocycles. The van der Waals surface area contributed by atoms with Crippen molar-refractivity contribution in [2.45, 2.75) is 40.2 Å². The predicted molar refractivity (Wildman–Crippen MR) is 75.1 cm³/mol. The zero-order valence-electron chi connectivity index (χ0n) is 11.9. The average Bonchev–Trinajstić information content (AvgIpc) is 2.57. The van der Waals surface area contributed by atoms with Gasteiger partial charge in [0.25, 0.3) is 0 Å². The Balaban J connectivity index is 2.08. The summed E-state index contributed by atoms with van der Waals surface area (Å²) in [4.78, 5) is 14.7. The molecule has 1 aliphatic rings. The molecule has 2 heteroatoms. The van der Waals surface area contributed by atoms with Gasteiger partial charge in [0.15, 0.2) is 5.78 Å². The molecule has 1 aromatic carbocycles. The Hall–Kier alpha value is -1.15. The van der Waals surface area contributed by atoms with Gasteiger partial charge in [0.1, 0.15) is 0 Å². The lowest BCUT2D eigenvalue weighted by Gasteiger charge is -2.20. The van der Waals surface area contributed by atoms with Crippen LogP contribution < -0.4 is 0 Å². The van der Waals surface area contributed by atoms with Crippen LogP contribution in [0.15, 0.2) is 18.2 Å². The maximum atomic E-state index is 12.3. The SMILES string of the molecule is Cc1ccc(C(=O)CN2CC(C)CC2C)c(C)c1. The minimum Gasteiger partial charge on any atom is -0.293 e.